The molecule has 0 aliphatic rings. The van der Waals surface area contributed by atoms with Crippen molar-refractivity contribution in [1.29, 1.82) is 0 Å². The molecular formula is C19H23N3O4S. The second-order valence-electron chi connectivity index (χ2n) is 6.23. The number of aryl methyl sites for hydroxylation is 1. The second kappa shape index (κ2) is 8.79. The minimum atomic E-state index is -3.63. The summed E-state index contributed by atoms with van der Waals surface area (Å²) in [6.45, 7) is 5.56. The van der Waals surface area contributed by atoms with Gasteiger partial charge in [-0.05, 0) is 56.7 Å². The van der Waals surface area contributed by atoms with Crippen LogP contribution in [0.5, 0.6) is 0 Å². The third kappa shape index (κ3) is 5.63. The van der Waals surface area contributed by atoms with Crippen LogP contribution in [0, 0.1) is 6.92 Å². The molecule has 0 aliphatic carbocycles. The van der Waals surface area contributed by atoms with Crippen LogP contribution in [0.4, 0.5) is 0 Å². The first-order chi connectivity index (χ1) is 12.7. The zero-order chi connectivity index (χ0) is 20.0. The van der Waals surface area contributed by atoms with Gasteiger partial charge in [-0.1, -0.05) is 24.6 Å². The molecule has 8 heteroatoms. The van der Waals surface area contributed by atoms with E-state index in [1.54, 1.807) is 31.2 Å². The normalized spacial score (nSPS) is 12.3. The number of carbonyl (C=O) groups excluding carboxylic acids is 2. The van der Waals surface area contributed by atoms with Crippen LogP contribution in [-0.2, 0) is 10.0 Å². The van der Waals surface area contributed by atoms with E-state index in [-0.39, 0.29) is 16.5 Å². The van der Waals surface area contributed by atoms with Crippen molar-refractivity contribution in [2.24, 2.45) is 0 Å². The molecule has 2 aromatic carbocycles. The number of amides is 2. The van der Waals surface area contributed by atoms with Crippen molar-refractivity contribution >= 4 is 21.8 Å². The van der Waals surface area contributed by atoms with Crippen molar-refractivity contribution < 1.29 is 18.0 Å². The molecule has 2 aromatic rings. The molecule has 0 heterocycles. The summed E-state index contributed by atoms with van der Waals surface area (Å²) in [5, 5.41) is 0. The summed E-state index contributed by atoms with van der Waals surface area (Å²) in [5.74, 6) is -0.991. The smallest absolute Gasteiger partial charge is 0.267 e. The Hall–Kier alpha value is -2.71. The predicted octanol–water partition coefficient (Wildman–Crippen LogP) is 2.15. The summed E-state index contributed by atoms with van der Waals surface area (Å²) >= 11 is 0. The standard InChI is InChI=1S/C19H23N3O4S/c1-4-14(3)22-27(25,26)17-11-9-16(10-12-17)19(24)21-20-18(23)15-7-5-13(2)6-8-15/h5-12,14,22H,4H2,1-3H3,(H,20,23)(H,21,24)/t14-/m1/s1. The van der Waals surface area contributed by atoms with Gasteiger partial charge in [-0.15, -0.1) is 0 Å². The van der Waals surface area contributed by atoms with E-state index in [2.05, 4.69) is 15.6 Å². The summed E-state index contributed by atoms with van der Waals surface area (Å²) in [6, 6.07) is 12.2. The number of rotatable bonds is 6. The Balaban J connectivity index is 1.99. The van der Waals surface area contributed by atoms with Crippen molar-refractivity contribution in [2.45, 2.75) is 38.1 Å². The molecule has 0 aliphatic heterocycles. The minimum Gasteiger partial charge on any atom is -0.267 e. The fourth-order valence-electron chi connectivity index (χ4n) is 2.16. The Bertz CT molecular complexity index is 907. The molecular weight excluding hydrogens is 366 g/mol. The minimum absolute atomic E-state index is 0.0723. The molecule has 0 aromatic heterocycles. The van der Waals surface area contributed by atoms with Gasteiger partial charge in [-0.2, -0.15) is 0 Å². The molecule has 0 saturated heterocycles. The fraction of sp³-hybridized carbons (Fsp3) is 0.263. The van der Waals surface area contributed by atoms with Crippen molar-refractivity contribution in [3.63, 3.8) is 0 Å². The Morgan fingerprint density at radius 1 is 0.889 bits per heavy atom. The summed E-state index contributed by atoms with van der Waals surface area (Å²) < 4.78 is 27.0. The van der Waals surface area contributed by atoms with Crippen LogP contribution in [0.25, 0.3) is 0 Å². The van der Waals surface area contributed by atoms with E-state index in [9.17, 15) is 18.0 Å². The maximum atomic E-state index is 12.2. The molecule has 1 atom stereocenters. The van der Waals surface area contributed by atoms with E-state index in [0.717, 1.165) is 5.56 Å². The SMILES string of the molecule is CC[C@@H](C)NS(=O)(=O)c1ccc(C(=O)NNC(=O)c2ccc(C)cc2)cc1. The number of carbonyl (C=O) groups is 2. The first kappa shape index (κ1) is 20.6. The molecule has 0 unspecified atom stereocenters. The van der Waals surface area contributed by atoms with Crippen molar-refractivity contribution in [3.8, 4) is 0 Å². The van der Waals surface area contributed by atoms with Crippen LogP contribution in [0.1, 0.15) is 46.5 Å². The van der Waals surface area contributed by atoms with Gasteiger partial charge in [0.1, 0.15) is 0 Å². The van der Waals surface area contributed by atoms with Gasteiger partial charge in [0.25, 0.3) is 11.8 Å². The first-order valence-corrected chi connectivity index (χ1v) is 10.0. The zero-order valence-corrected chi connectivity index (χ0v) is 16.3. The summed E-state index contributed by atoms with van der Waals surface area (Å²) in [5.41, 5.74) is 6.29. The monoisotopic (exact) mass is 389 g/mol. The molecule has 0 spiro atoms. The lowest BCUT2D eigenvalue weighted by atomic mass is 10.1. The Morgan fingerprint density at radius 2 is 1.33 bits per heavy atom. The zero-order valence-electron chi connectivity index (χ0n) is 15.4. The second-order valence-corrected chi connectivity index (χ2v) is 7.94. The van der Waals surface area contributed by atoms with Crippen LogP contribution in [-0.4, -0.2) is 26.3 Å². The Kier molecular flexibility index (Phi) is 6.70. The van der Waals surface area contributed by atoms with Crippen LogP contribution in [0.15, 0.2) is 53.4 Å². The van der Waals surface area contributed by atoms with Gasteiger partial charge in [-0.3, -0.25) is 20.4 Å². The van der Waals surface area contributed by atoms with Crippen molar-refractivity contribution in [2.75, 3.05) is 0 Å². The average molecular weight is 389 g/mol. The molecule has 0 bridgehead atoms. The predicted molar refractivity (Wildman–Crippen MR) is 103 cm³/mol. The third-order valence-corrected chi connectivity index (χ3v) is 5.60. The number of sulfonamides is 1. The van der Waals surface area contributed by atoms with Gasteiger partial charge in [0.2, 0.25) is 10.0 Å². The average Bonchev–Trinajstić information content (AvgIpc) is 2.66. The number of benzene rings is 2. The number of hydrogen-bond acceptors (Lipinski definition) is 4. The Labute approximate surface area is 159 Å². The third-order valence-electron chi connectivity index (χ3n) is 4.00. The van der Waals surface area contributed by atoms with E-state index in [1.807, 2.05) is 13.8 Å². The molecule has 2 rings (SSSR count). The molecule has 144 valence electrons. The lowest BCUT2D eigenvalue weighted by Gasteiger charge is -2.12. The van der Waals surface area contributed by atoms with Gasteiger partial charge < -0.3 is 0 Å². The number of hydrogen-bond donors (Lipinski definition) is 3. The highest BCUT2D eigenvalue weighted by Crippen LogP contribution is 2.11. The van der Waals surface area contributed by atoms with Gasteiger partial charge in [0.05, 0.1) is 4.90 Å². The fourth-order valence-corrected chi connectivity index (χ4v) is 3.49. The van der Waals surface area contributed by atoms with Crippen molar-refractivity contribution in [3.05, 3.63) is 65.2 Å². The maximum Gasteiger partial charge on any atom is 0.269 e. The summed E-state index contributed by atoms with van der Waals surface area (Å²) in [7, 11) is -3.63. The van der Waals surface area contributed by atoms with Gasteiger partial charge in [0, 0.05) is 17.2 Å². The van der Waals surface area contributed by atoms with Crippen LogP contribution in [0.3, 0.4) is 0 Å². The van der Waals surface area contributed by atoms with Gasteiger partial charge >= 0.3 is 0 Å². The molecule has 0 radical (unpaired) electrons. The highest BCUT2D eigenvalue weighted by atomic mass is 32.2. The van der Waals surface area contributed by atoms with E-state index in [4.69, 9.17) is 0 Å². The lowest BCUT2D eigenvalue weighted by molar-refractivity contribution is 0.0846. The van der Waals surface area contributed by atoms with Gasteiger partial charge in [-0.25, -0.2) is 13.1 Å². The largest absolute Gasteiger partial charge is 0.269 e. The molecule has 0 fully saturated rings. The van der Waals surface area contributed by atoms with E-state index in [1.165, 1.54) is 24.3 Å². The summed E-state index contributed by atoms with van der Waals surface area (Å²) in [6.07, 6.45) is 0.667. The molecule has 7 nitrogen and oxygen atoms in total. The lowest BCUT2D eigenvalue weighted by Crippen LogP contribution is -2.41. The highest BCUT2D eigenvalue weighted by molar-refractivity contribution is 7.89. The van der Waals surface area contributed by atoms with Crippen molar-refractivity contribution in [1.82, 2.24) is 15.6 Å². The van der Waals surface area contributed by atoms with Crippen LogP contribution < -0.4 is 15.6 Å². The quantitative estimate of drug-likeness (QED) is 0.659. The maximum absolute atomic E-state index is 12.2. The van der Waals surface area contributed by atoms with E-state index >= 15 is 0 Å². The Morgan fingerprint density at radius 3 is 1.78 bits per heavy atom. The topological polar surface area (TPSA) is 104 Å². The first-order valence-electron chi connectivity index (χ1n) is 8.52. The van der Waals surface area contributed by atoms with E-state index in [0.29, 0.717) is 12.0 Å². The summed E-state index contributed by atoms with van der Waals surface area (Å²) in [4.78, 5) is 24.2. The van der Waals surface area contributed by atoms with Gasteiger partial charge in [0.15, 0.2) is 0 Å². The van der Waals surface area contributed by atoms with E-state index < -0.39 is 21.8 Å². The van der Waals surface area contributed by atoms with Crippen LogP contribution in [0.2, 0.25) is 0 Å². The molecule has 3 N–H and O–H groups in total. The highest BCUT2D eigenvalue weighted by Gasteiger charge is 2.17. The molecule has 0 saturated carbocycles. The molecule has 27 heavy (non-hydrogen) atoms. The number of nitrogens with one attached hydrogen (secondary N) is 3. The molecule has 2 amide bonds. The van der Waals surface area contributed by atoms with Crippen LogP contribution >= 0.6 is 0 Å². The number of hydrazine groups is 1.